The van der Waals surface area contributed by atoms with Gasteiger partial charge in [-0.1, -0.05) is 28.1 Å². The van der Waals surface area contributed by atoms with Crippen LogP contribution in [0.15, 0.2) is 24.4 Å². The van der Waals surface area contributed by atoms with Crippen LogP contribution in [0.5, 0.6) is 0 Å². The number of hydrogen-bond donors (Lipinski definition) is 0. The molecule has 2 aromatic rings. The fourth-order valence-corrected chi connectivity index (χ4v) is 2.87. The van der Waals surface area contributed by atoms with Crippen molar-refractivity contribution in [3.8, 4) is 5.69 Å². The van der Waals surface area contributed by atoms with Crippen LogP contribution in [0.4, 0.5) is 0 Å². The summed E-state index contributed by atoms with van der Waals surface area (Å²) in [6.07, 6.45) is 2.81. The molecular formula is C14H13BrN2O. The van der Waals surface area contributed by atoms with Crippen molar-refractivity contribution in [1.29, 1.82) is 0 Å². The van der Waals surface area contributed by atoms with Gasteiger partial charge in [-0.25, -0.2) is 4.68 Å². The lowest BCUT2D eigenvalue weighted by Gasteiger charge is -2.09. The van der Waals surface area contributed by atoms with Gasteiger partial charge in [-0.3, -0.25) is 4.79 Å². The summed E-state index contributed by atoms with van der Waals surface area (Å²) in [5.74, 6) is 0.251. The van der Waals surface area contributed by atoms with Gasteiger partial charge < -0.3 is 0 Å². The SMILES string of the molecule is Cc1ccc2c(c1)-n1ncc(CBr)c1CC(=O)C2. The molecule has 0 saturated heterocycles. The van der Waals surface area contributed by atoms with Crippen molar-refractivity contribution in [2.75, 3.05) is 0 Å². The van der Waals surface area contributed by atoms with Gasteiger partial charge in [0.2, 0.25) is 0 Å². The summed E-state index contributed by atoms with van der Waals surface area (Å²) in [6.45, 7) is 2.06. The quantitative estimate of drug-likeness (QED) is 0.759. The van der Waals surface area contributed by atoms with Crippen molar-refractivity contribution < 1.29 is 4.79 Å². The summed E-state index contributed by atoms with van der Waals surface area (Å²) in [5.41, 5.74) is 5.40. The largest absolute Gasteiger partial charge is 0.299 e. The second kappa shape index (κ2) is 4.35. The first-order chi connectivity index (χ1) is 8.69. The third kappa shape index (κ3) is 1.81. The van der Waals surface area contributed by atoms with E-state index in [2.05, 4.69) is 34.0 Å². The van der Waals surface area contributed by atoms with Crippen LogP contribution < -0.4 is 0 Å². The highest BCUT2D eigenvalue weighted by Crippen LogP contribution is 2.26. The zero-order valence-corrected chi connectivity index (χ0v) is 11.7. The number of aryl methyl sites for hydroxylation is 1. The number of nitrogens with zero attached hydrogens (tertiary/aromatic N) is 2. The number of Topliss-reactive ketones (excluding diaryl/α,β-unsaturated/α-hetero) is 1. The maximum absolute atomic E-state index is 12.0. The molecule has 4 heteroatoms. The van der Waals surface area contributed by atoms with E-state index in [-0.39, 0.29) is 5.78 Å². The van der Waals surface area contributed by atoms with Crippen molar-refractivity contribution in [2.45, 2.75) is 25.1 Å². The molecule has 3 nitrogen and oxygen atoms in total. The lowest BCUT2D eigenvalue weighted by atomic mass is 10.0. The number of rotatable bonds is 1. The van der Waals surface area contributed by atoms with E-state index in [0.717, 1.165) is 27.8 Å². The monoisotopic (exact) mass is 304 g/mol. The van der Waals surface area contributed by atoms with Crippen molar-refractivity contribution >= 4 is 21.7 Å². The Kier molecular flexibility index (Phi) is 2.82. The Morgan fingerprint density at radius 3 is 3.00 bits per heavy atom. The third-order valence-corrected chi connectivity index (χ3v) is 3.92. The van der Waals surface area contributed by atoms with Crippen LogP contribution in [0, 0.1) is 6.92 Å². The fourth-order valence-electron chi connectivity index (χ4n) is 2.40. The lowest BCUT2D eigenvalue weighted by molar-refractivity contribution is -0.117. The van der Waals surface area contributed by atoms with Crippen molar-refractivity contribution in [3.63, 3.8) is 0 Å². The first-order valence-electron chi connectivity index (χ1n) is 5.92. The van der Waals surface area contributed by atoms with Gasteiger partial charge in [-0.05, 0) is 24.1 Å². The average Bonchev–Trinajstić information content (AvgIpc) is 2.68. The molecule has 0 fully saturated rings. The highest BCUT2D eigenvalue weighted by Gasteiger charge is 2.22. The van der Waals surface area contributed by atoms with Gasteiger partial charge in [-0.2, -0.15) is 5.10 Å². The van der Waals surface area contributed by atoms with Gasteiger partial charge in [-0.15, -0.1) is 0 Å². The zero-order valence-electron chi connectivity index (χ0n) is 10.1. The van der Waals surface area contributed by atoms with Crippen molar-refractivity contribution in [3.05, 3.63) is 46.8 Å². The number of halogens is 1. The maximum atomic E-state index is 12.0. The zero-order chi connectivity index (χ0) is 12.7. The number of aromatic nitrogens is 2. The molecule has 1 aliphatic rings. The molecule has 92 valence electrons. The van der Waals surface area contributed by atoms with Gasteiger partial charge >= 0.3 is 0 Å². The molecule has 0 N–H and O–H groups in total. The maximum Gasteiger partial charge on any atom is 0.143 e. The molecule has 0 unspecified atom stereocenters. The third-order valence-electron chi connectivity index (χ3n) is 3.32. The van der Waals surface area contributed by atoms with E-state index in [9.17, 15) is 4.79 Å². The summed E-state index contributed by atoms with van der Waals surface area (Å²) in [6, 6.07) is 6.18. The number of hydrogen-bond acceptors (Lipinski definition) is 2. The fraction of sp³-hybridized carbons (Fsp3) is 0.286. The number of carbonyl (C=O) groups is 1. The molecule has 0 aliphatic carbocycles. The summed E-state index contributed by atoms with van der Waals surface area (Å²) in [7, 11) is 0. The van der Waals surface area contributed by atoms with E-state index < -0.39 is 0 Å². The second-order valence-corrected chi connectivity index (χ2v) is 5.25. The molecule has 1 aliphatic heterocycles. The van der Waals surface area contributed by atoms with Gasteiger partial charge in [0, 0.05) is 23.7 Å². The minimum atomic E-state index is 0.251. The van der Waals surface area contributed by atoms with E-state index >= 15 is 0 Å². The minimum absolute atomic E-state index is 0.251. The Hall–Kier alpha value is -1.42. The van der Waals surface area contributed by atoms with Crippen LogP contribution >= 0.6 is 15.9 Å². The predicted molar refractivity (Wildman–Crippen MR) is 73.3 cm³/mol. The summed E-state index contributed by atoms with van der Waals surface area (Å²) >= 11 is 3.45. The summed E-state index contributed by atoms with van der Waals surface area (Å²) < 4.78 is 1.92. The molecule has 0 saturated carbocycles. The molecule has 1 aromatic carbocycles. The van der Waals surface area contributed by atoms with Gasteiger partial charge in [0.15, 0.2) is 0 Å². The molecule has 1 aromatic heterocycles. The Bertz CT molecular complexity index is 631. The van der Waals surface area contributed by atoms with Crippen LogP contribution in [0.3, 0.4) is 0 Å². The van der Waals surface area contributed by atoms with Crippen LogP contribution in [-0.4, -0.2) is 15.6 Å². The second-order valence-electron chi connectivity index (χ2n) is 4.69. The highest BCUT2D eigenvalue weighted by molar-refractivity contribution is 9.08. The van der Waals surface area contributed by atoms with E-state index in [1.807, 2.05) is 23.0 Å². The van der Waals surface area contributed by atoms with Crippen LogP contribution in [0.1, 0.15) is 22.4 Å². The Balaban J connectivity index is 2.27. The molecule has 0 atom stereocenters. The van der Waals surface area contributed by atoms with E-state index in [0.29, 0.717) is 12.8 Å². The van der Waals surface area contributed by atoms with Crippen LogP contribution in [-0.2, 0) is 23.0 Å². The van der Waals surface area contributed by atoms with Crippen molar-refractivity contribution in [2.24, 2.45) is 0 Å². The van der Waals surface area contributed by atoms with Crippen LogP contribution in [0.2, 0.25) is 0 Å². The van der Waals surface area contributed by atoms with Crippen LogP contribution in [0.25, 0.3) is 5.69 Å². The van der Waals surface area contributed by atoms with Crippen molar-refractivity contribution in [1.82, 2.24) is 9.78 Å². The summed E-state index contributed by atoms with van der Waals surface area (Å²) in [5, 5.41) is 5.17. The summed E-state index contributed by atoms with van der Waals surface area (Å²) in [4.78, 5) is 12.0. The Labute approximate surface area is 114 Å². The van der Waals surface area contributed by atoms with E-state index in [4.69, 9.17) is 0 Å². The molecular weight excluding hydrogens is 292 g/mol. The molecule has 3 rings (SSSR count). The Morgan fingerprint density at radius 2 is 2.22 bits per heavy atom. The standard InChI is InChI=1S/C14H13BrN2O/c1-9-2-3-10-5-12(18)6-14-11(7-15)8-16-17(14)13(10)4-9/h2-4,8H,5-7H2,1H3. The molecule has 0 bridgehead atoms. The first-order valence-corrected chi connectivity index (χ1v) is 7.04. The number of ketones is 1. The first kappa shape index (κ1) is 11.7. The highest BCUT2D eigenvalue weighted by atomic mass is 79.9. The van der Waals surface area contributed by atoms with Gasteiger partial charge in [0.1, 0.15) is 5.78 Å². The Morgan fingerprint density at radius 1 is 1.39 bits per heavy atom. The normalized spacial score (nSPS) is 14.0. The van der Waals surface area contributed by atoms with Gasteiger partial charge in [0.25, 0.3) is 0 Å². The average molecular weight is 305 g/mol. The molecule has 0 amide bonds. The lowest BCUT2D eigenvalue weighted by Crippen LogP contribution is -2.06. The minimum Gasteiger partial charge on any atom is -0.299 e. The molecule has 2 heterocycles. The molecule has 18 heavy (non-hydrogen) atoms. The smallest absolute Gasteiger partial charge is 0.143 e. The number of fused-ring (bicyclic) bond motifs is 3. The van der Waals surface area contributed by atoms with E-state index in [1.165, 1.54) is 5.56 Å². The van der Waals surface area contributed by atoms with E-state index in [1.54, 1.807) is 0 Å². The molecule has 0 radical (unpaired) electrons. The number of benzene rings is 1. The van der Waals surface area contributed by atoms with Gasteiger partial charge in [0.05, 0.1) is 17.6 Å². The molecule has 0 spiro atoms. The number of carbonyl (C=O) groups excluding carboxylic acids is 1. The number of alkyl halides is 1. The predicted octanol–water partition coefficient (Wildman–Crippen LogP) is 2.74. The topological polar surface area (TPSA) is 34.9 Å².